The zero-order valence-corrected chi connectivity index (χ0v) is 17.1. The summed E-state index contributed by atoms with van der Waals surface area (Å²) in [5.74, 6) is 0.753. The van der Waals surface area contributed by atoms with Crippen molar-refractivity contribution in [3.05, 3.63) is 65.3 Å². The van der Waals surface area contributed by atoms with E-state index in [0.29, 0.717) is 27.9 Å². The minimum atomic E-state index is -2.27. The number of pyridine rings is 1. The molecule has 0 saturated heterocycles. The molecule has 28 heavy (non-hydrogen) atoms. The Kier molecular flexibility index (Phi) is 5.76. The Labute approximate surface area is 168 Å². The minimum absolute atomic E-state index is 0.271. The average molecular weight is 419 g/mol. The maximum Gasteiger partial charge on any atom is 0.251 e. The van der Waals surface area contributed by atoms with Gasteiger partial charge in [-0.25, -0.2) is 14.2 Å². The first-order valence-electron chi connectivity index (χ1n) is 8.33. The molecule has 0 radical (unpaired) electrons. The number of benzene rings is 1. The molecule has 1 amide bonds. The minimum Gasteiger partial charge on any atom is -0.342 e. The highest BCUT2D eigenvalue weighted by Gasteiger charge is 2.18. The SMILES string of the molecule is C[C@H](NC(=O)c1cccc(Cl)c1)c1ncnn1-c1ccc(N=S(C)(C)=O)cn1. The summed E-state index contributed by atoms with van der Waals surface area (Å²) >= 11 is 5.94. The molecule has 146 valence electrons. The van der Waals surface area contributed by atoms with Gasteiger partial charge in [0.2, 0.25) is 0 Å². The number of carbonyl (C=O) groups is 1. The van der Waals surface area contributed by atoms with Gasteiger partial charge in [-0.2, -0.15) is 14.1 Å². The summed E-state index contributed by atoms with van der Waals surface area (Å²) in [6.07, 6.45) is 6.02. The average Bonchev–Trinajstić information content (AvgIpc) is 3.11. The second-order valence-corrected chi connectivity index (χ2v) is 9.36. The van der Waals surface area contributed by atoms with Crippen LogP contribution in [0.2, 0.25) is 5.02 Å². The standard InChI is InChI=1S/C18H19ClN6O2S/c1-12(23-18(26)13-5-4-6-14(19)9-13)17-21-11-22-25(17)16-8-7-15(10-20-16)24-28(2,3)27/h4-12H,1-3H3,(H,23,26)/t12-/m0/s1. The van der Waals surface area contributed by atoms with Gasteiger partial charge < -0.3 is 5.32 Å². The molecule has 0 spiro atoms. The van der Waals surface area contributed by atoms with Crippen LogP contribution in [-0.2, 0) is 9.73 Å². The first kappa shape index (κ1) is 20.0. The van der Waals surface area contributed by atoms with E-state index in [1.54, 1.807) is 55.8 Å². The molecule has 2 heterocycles. The van der Waals surface area contributed by atoms with Crippen LogP contribution >= 0.6 is 11.6 Å². The van der Waals surface area contributed by atoms with Crippen molar-refractivity contribution in [2.75, 3.05) is 12.5 Å². The Morgan fingerprint density at radius 1 is 1.25 bits per heavy atom. The maximum absolute atomic E-state index is 12.4. The Balaban J connectivity index is 1.81. The van der Waals surface area contributed by atoms with Crippen LogP contribution in [0.1, 0.15) is 29.1 Å². The van der Waals surface area contributed by atoms with Crippen molar-refractivity contribution < 1.29 is 9.00 Å². The lowest BCUT2D eigenvalue weighted by Gasteiger charge is -2.14. The van der Waals surface area contributed by atoms with Gasteiger partial charge in [0.1, 0.15) is 6.33 Å². The van der Waals surface area contributed by atoms with Gasteiger partial charge in [-0.3, -0.25) is 4.79 Å². The summed E-state index contributed by atoms with van der Waals surface area (Å²) in [7, 11) is -2.27. The molecule has 0 aliphatic carbocycles. The van der Waals surface area contributed by atoms with Gasteiger partial charge in [0.25, 0.3) is 5.91 Å². The molecule has 1 aromatic carbocycles. The molecule has 0 unspecified atom stereocenters. The second-order valence-electron chi connectivity index (χ2n) is 6.38. The maximum atomic E-state index is 12.4. The van der Waals surface area contributed by atoms with E-state index in [-0.39, 0.29) is 5.91 Å². The summed E-state index contributed by atoms with van der Waals surface area (Å²) in [6, 6.07) is 9.68. The molecular formula is C18H19ClN6O2S. The van der Waals surface area contributed by atoms with Gasteiger partial charge in [0.05, 0.1) is 17.9 Å². The molecule has 0 fully saturated rings. The number of hydrogen-bond acceptors (Lipinski definition) is 6. The fourth-order valence-corrected chi connectivity index (χ4v) is 3.31. The summed E-state index contributed by atoms with van der Waals surface area (Å²) < 4.78 is 17.4. The molecule has 3 rings (SSSR count). The number of nitrogens with one attached hydrogen (secondary N) is 1. The number of halogens is 1. The van der Waals surface area contributed by atoms with Gasteiger partial charge >= 0.3 is 0 Å². The number of hydrogen-bond donors (Lipinski definition) is 1. The lowest BCUT2D eigenvalue weighted by Crippen LogP contribution is -2.28. The molecule has 0 saturated carbocycles. The molecule has 0 aliphatic rings. The predicted octanol–water partition coefficient (Wildman–Crippen LogP) is 3.17. The quantitative estimate of drug-likeness (QED) is 0.685. The number of carbonyl (C=O) groups excluding carboxylic acids is 1. The zero-order chi connectivity index (χ0) is 20.3. The summed E-state index contributed by atoms with van der Waals surface area (Å²) in [4.78, 5) is 21.0. The van der Waals surface area contributed by atoms with E-state index in [2.05, 4.69) is 24.7 Å². The van der Waals surface area contributed by atoms with E-state index < -0.39 is 15.8 Å². The monoisotopic (exact) mass is 418 g/mol. The van der Waals surface area contributed by atoms with Crippen LogP contribution in [0.25, 0.3) is 5.82 Å². The van der Waals surface area contributed by atoms with Crippen LogP contribution < -0.4 is 5.32 Å². The third-order valence-electron chi connectivity index (χ3n) is 3.67. The summed E-state index contributed by atoms with van der Waals surface area (Å²) in [5.41, 5.74) is 0.972. The van der Waals surface area contributed by atoms with Crippen LogP contribution in [0.3, 0.4) is 0 Å². The van der Waals surface area contributed by atoms with Crippen molar-refractivity contribution in [3.63, 3.8) is 0 Å². The third kappa shape index (κ3) is 4.93. The molecule has 2 aromatic heterocycles. The lowest BCUT2D eigenvalue weighted by atomic mass is 10.2. The normalized spacial score (nSPS) is 12.4. The molecule has 1 N–H and O–H groups in total. The van der Waals surface area contributed by atoms with Crippen molar-refractivity contribution in [3.8, 4) is 5.82 Å². The number of aromatic nitrogens is 4. The highest BCUT2D eigenvalue weighted by molar-refractivity contribution is 7.92. The van der Waals surface area contributed by atoms with Gasteiger partial charge in [-0.15, -0.1) is 0 Å². The molecule has 8 nitrogen and oxygen atoms in total. The molecule has 0 bridgehead atoms. The molecule has 10 heteroatoms. The number of amides is 1. The van der Waals surface area contributed by atoms with E-state index in [1.807, 2.05) is 0 Å². The highest BCUT2D eigenvalue weighted by atomic mass is 35.5. The van der Waals surface area contributed by atoms with Crippen molar-refractivity contribution in [1.82, 2.24) is 25.1 Å². The summed E-state index contributed by atoms with van der Waals surface area (Å²) in [5, 5.41) is 7.55. The van der Waals surface area contributed by atoms with Crippen molar-refractivity contribution >= 4 is 32.9 Å². The van der Waals surface area contributed by atoms with E-state index in [0.717, 1.165) is 0 Å². The number of rotatable bonds is 5. The smallest absolute Gasteiger partial charge is 0.251 e. The van der Waals surface area contributed by atoms with E-state index in [9.17, 15) is 9.00 Å². The van der Waals surface area contributed by atoms with Gasteiger partial charge in [-0.1, -0.05) is 17.7 Å². The van der Waals surface area contributed by atoms with Crippen molar-refractivity contribution in [1.29, 1.82) is 0 Å². The van der Waals surface area contributed by atoms with Crippen LogP contribution in [-0.4, -0.2) is 42.4 Å². The van der Waals surface area contributed by atoms with Crippen molar-refractivity contribution in [2.45, 2.75) is 13.0 Å². The predicted molar refractivity (Wildman–Crippen MR) is 109 cm³/mol. The van der Waals surface area contributed by atoms with Gasteiger partial charge in [0.15, 0.2) is 11.6 Å². The van der Waals surface area contributed by atoms with Crippen LogP contribution in [0.15, 0.2) is 53.3 Å². The Hall–Kier alpha value is -2.78. The van der Waals surface area contributed by atoms with Gasteiger partial charge in [-0.05, 0) is 37.3 Å². The Bertz CT molecular complexity index is 1110. The van der Waals surface area contributed by atoms with Gasteiger partial charge in [0, 0.05) is 32.8 Å². The largest absolute Gasteiger partial charge is 0.342 e. The van der Waals surface area contributed by atoms with Crippen LogP contribution in [0, 0.1) is 0 Å². The molecule has 1 atom stereocenters. The summed E-state index contributed by atoms with van der Waals surface area (Å²) in [6.45, 7) is 1.80. The van der Waals surface area contributed by atoms with E-state index >= 15 is 0 Å². The highest BCUT2D eigenvalue weighted by Crippen LogP contribution is 2.18. The first-order valence-corrected chi connectivity index (χ1v) is 11.0. The second kappa shape index (κ2) is 8.07. The third-order valence-corrected chi connectivity index (χ3v) is 4.56. The van der Waals surface area contributed by atoms with Crippen LogP contribution in [0.4, 0.5) is 5.69 Å². The van der Waals surface area contributed by atoms with E-state index in [4.69, 9.17) is 11.6 Å². The Morgan fingerprint density at radius 3 is 2.68 bits per heavy atom. The topological polar surface area (TPSA) is 102 Å². The fraction of sp³-hybridized carbons (Fsp3) is 0.222. The van der Waals surface area contributed by atoms with E-state index in [1.165, 1.54) is 17.2 Å². The zero-order valence-electron chi connectivity index (χ0n) is 15.5. The van der Waals surface area contributed by atoms with Crippen LogP contribution in [0.5, 0.6) is 0 Å². The lowest BCUT2D eigenvalue weighted by molar-refractivity contribution is 0.0938. The molecular weight excluding hydrogens is 400 g/mol. The Morgan fingerprint density at radius 2 is 2.04 bits per heavy atom. The molecule has 3 aromatic rings. The number of nitrogens with zero attached hydrogens (tertiary/aromatic N) is 5. The fourth-order valence-electron chi connectivity index (χ4n) is 2.51. The molecule has 0 aliphatic heterocycles. The first-order chi connectivity index (χ1) is 13.2. The van der Waals surface area contributed by atoms with Crippen molar-refractivity contribution in [2.24, 2.45) is 4.36 Å².